The lowest BCUT2D eigenvalue weighted by Crippen LogP contribution is -1.87. The minimum absolute atomic E-state index is 1.23. The summed E-state index contributed by atoms with van der Waals surface area (Å²) in [5.41, 5.74) is 2.86. The summed E-state index contributed by atoms with van der Waals surface area (Å²) in [6.07, 6.45) is 10.2. The minimum Gasteiger partial charge on any atom is -0.0654 e. The maximum atomic E-state index is 2.44. The molecule has 0 aromatic heterocycles. The lowest BCUT2D eigenvalue weighted by molar-refractivity contribution is 0.715. The Hall–Kier alpha value is -0.780. The number of unbranched alkanes of at least 4 members (excludes halogenated alkanes) is 5. The summed E-state index contributed by atoms with van der Waals surface area (Å²) in [6, 6.07) is 8.85. The van der Waals surface area contributed by atoms with Gasteiger partial charge in [0.2, 0.25) is 0 Å². The largest absolute Gasteiger partial charge is 0.0654 e. The summed E-state index contributed by atoms with van der Waals surface area (Å²) in [4.78, 5) is 0. The van der Waals surface area contributed by atoms with Gasteiger partial charge in [0.15, 0.2) is 0 Å². The van der Waals surface area contributed by atoms with Gasteiger partial charge in [-0.15, -0.1) is 0 Å². The van der Waals surface area contributed by atoms with Gasteiger partial charge >= 0.3 is 0 Å². The molecule has 15 heavy (non-hydrogen) atoms. The number of aryl methyl sites for hydroxylation is 2. The first-order chi connectivity index (χ1) is 7.33. The van der Waals surface area contributed by atoms with Crippen LogP contribution in [0.1, 0.15) is 50.2 Å². The van der Waals surface area contributed by atoms with Crippen LogP contribution in [-0.4, -0.2) is 0 Å². The van der Waals surface area contributed by atoms with Crippen molar-refractivity contribution in [1.82, 2.24) is 0 Å². The molecule has 83 valence electrons. The number of benzene rings is 1. The van der Waals surface area contributed by atoms with Crippen LogP contribution in [0.4, 0.5) is 0 Å². The van der Waals surface area contributed by atoms with Gasteiger partial charge in [-0.2, -0.15) is 0 Å². The van der Waals surface area contributed by atoms with Crippen LogP contribution in [0.25, 0.3) is 0 Å². The van der Waals surface area contributed by atoms with Crippen LogP contribution in [-0.2, 0) is 6.42 Å². The van der Waals surface area contributed by atoms with Gasteiger partial charge < -0.3 is 0 Å². The predicted molar refractivity (Wildman–Crippen MR) is 67.9 cm³/mol. The quantitative estimate of drug-likeness (QED) is 0.563. The molecule has 0 amide bonds. The molecule has 1 radical (unpaired) electrons. The first-order valence-corrected chi connectivity index (χ1v) is 6.20. The van der Waals surface area contributed by atoms with Crippen LogP contribution >= 0.6 is 0 Å². The van der Waals surface area contributed by atoms with Crippen molar-refractivity contribution in [1.29, 1.82) is 0 Å². The topological polar surface area (TPSA) is 0 Å². The van der Waals surface area contributed by atoms with E-state index in [1.165, 1.54) is 49.7 Å². The molecule has 0 aliphatic carbocycles. The van der Waals surface area contributed by atoms with E-state index in [2.05, 4.69) is 44.5 Å². The molecule has 0 saturated heterocycles. The van der Waals surface area contributed by atoms with Gasteiger partial charge in [0.05, 0.1) is 0 Å². The summed E-state index contributed by atoms with van der Waals surface area (Å²) < 4.78 is 0. The van der Waals surface area contributed by atoms with Gasteiger partial charge in [0.1, 0.15) is 0 Å². The third kappa shape index (κ3) is 5.61. The zero-order chi connectivity index (χ0) is 10.9. The molecule has 0 fully saturated rings. The monoisotopic (exact) mass is 203 g/mol. The second-order valence-electron chi connectivity index (χ2n) is 4.31. The first-order valence-electron chi connectivity index (χ1n) is 6.20. The summed E-state index contributed by atoms with van der Waals surface area (Å²) in [7, 11) is 0. The zero-order valence-corrected chi connectivity index (χ0v) is 10.1. The maximum Gasteiger partial charge on any atom is -0.0279 e. The lowest BCUT2D eigenvalue weighted by Gasteiger charge is -2.02. The second kappa shape index (κ2) is 7.50. The van der Waals surface area contributed by atoms with Crippen molar-refractivity contribution in [2.45, 2.75) is 52.4 Å². The molecule has 0 N–H and O–H groups in total. The Balaban J connectivity index is 2.10. The third-order valence-corrected chi connectivity index (χ3v) is 2.72. The molecule has 0 heteroatoms. The Morgan fingerprint density at radius 2 is 1.93 bits per heavy atom. The molecule has 0 aliphatic rings. The molecule has 0 spiro atoms. The second-order valence-corrected chi connectivity index (χ2v) is 4.31. The summed E-state index contributed by atoms with van der Waals surface area (Å²) in [5.74, 6) is 0. The molecule has 0 atom stereocenters. The van der Waals surface area contributed by atoms with Crippen molar-refractivity contribution in [3.8, 4) is 0 Å². The van der Waals surface area contributed by atoms with Gasteiger partial charge in [0.25, 0.3) is 0 Å². The number of rotatable bonds is 7. The molecule has 0 aliphatic heterocycles. The van der Waals surface area contributed by atoms with Crippen LogP contribution in [0.5, 0.6) is 0 Å². The molecule has 0 heterocycles. The fourth-order valence-electron chi connectivity index (χ4n) is 1.81. The van der Waals surface area contributed by atoms with Crippen LogP contribution in [0, 0.1) is 13.3 Å². The summed E-state index contributed by atoms with van der Waals surface area (Å²) in [5, 5.41) is 0. The van der Waals surface area contributed by atoms with Crippen LogP contribution in [0.2, 0.25) is 0 Å². The minimum atomic E-state index is 1.23. The van der Waals surface area contributed by atoms with Crippen molar-refractivity contribution in [2.24, 2.45) is 0 Å². The van der Waals surface area contributed by atoms with Crippen LogP contribution in [0.15, 0.2) is 24.3 Å². The Morgan fingerprint density at radius 1 is 1.13 bits per heavy atom. The number of hydrogen-bond acceptors (Lipinski definition) is 0. The maximum absolute atomic E-state index is 2.44. The molecular formula is C15H23. The number of hydrogen-bond donors (Lipinski definition) is 0. The smallest absolute Gasteiger partial charge is 0.0279 e. The fraction of sp³-hybridized carbons (Fsp3) is 0.533. The molecule has 0 unspecified atom stereocenters. The van der Waals surface area contributed by atoms with Crippen molar-refractivity contribution in [3.63, 3.8) is 0 Å². The van der Waals surface area contributed by atoms with Gasteiger partial charge in [-0.3, -0.25) is 0 Å². The van der Waals surface area contributed by atoms with E-state index in [9.17, 15) is 0 Å². The predicted octanol–water partition coefficient (Wildman–Crippen LogP) is 4.71. The van der Waals surface area contributed by atoms with Gasteiger partial charge in [-0.05, 0) is 38.2 Å². The third-order valence-electron chi connectivity index (χ3n) is 2.72. The van der Waals surface area contributed by atoms with Gasteiger partial charge in [0, 0.05) is 0 Å². The highest BCUT2D eigenvalue weighted by Crippen LogP contribution is 2.10. The van der Waals surface area contributed by atoms with Crippen molar-refractivity contribution < 1.29 is 0 Å². The highest BCUT2D eigenvalue weighted by Gasteiger charge is 1.94. The van der Waals surface area contributed by atoms with E-state index in [4.69, 9.17) is 0 Å². The zero-order valence-electron chi connectivity index (χ0n) is 10.1. The van der Waals surface area contributed by atoms with Gasteiger partial charge in [-0.1, -0.05) is 56.0 Å². The molecule has 0 saturated carbocycles. The SMILES string of the molecule is CCCC[CH]CCCc1cccc(C)c1. The van der Waals surface area contributed by atoms with E-state index in [1.54, 1.807) is 0 Å². The van der Waals surface area contributed by atoms with E-state index in [0.29, 0.717) is 0 Å². The van der Waals surface area contributed by atoms with Crippen molar-refractivity contribution in [2.75, 3.05) is 0 Å². The van der Waals surface area contributed by atoms with Gasteiger partial charge in [-0.25, -0.2) is 0 Å². The van der Waals surface area contributed by atoms with Crippen LogP contribution < -0.4 is 0 Å². The van der Waals surface area contributed by atoms with Crippen LogP contribution in [0.3, 0.4) is 0 Å². The molecule has 1 rings (SSSR count). The summed E-state index contributed by atoms with van der Waals surface area (Å²) in [6.45, 7) is 4.41. The highest BCUT2D eigenvalue weighted by molar-refractivity contribution is 5.22. The molecular weight excluding hydrogens is 180 g/mol. The van der Waals surface area contributed by atoms with Crippen molar-refractivity contribution >= 4 is 0 Å². The molecule has 1 aromatic carbocycles. The Morgan fingerprint density at radius 3 is 2.67 bits per heavy atom. The van der Waals surface area contributed by atoms with E-state index in [1.807, 2.05) is 0 Å². The van der Waals surface area contributed by atoms with E-state index in [0.717, 1.165) is 0 Å². The fourth-order valence-corrected chi connectivity index (χ4v) is 1.81. The standard InChI is InChI=1S/C15H23/c1-3-4-5-6-7-8-11-15-12-9-10-14(2)13-15/h6,9-10,12-13H,3-5,7-8,11H2,1-2H3. The normalized spacial score (nSPS) is 10.5. The molecule has 1 aromatic rings. The lowest BCUT2D eigenvalue weighted by atomic mass is 10.0. The average molecular weight is 203 g/mol. The van der Waals surface area contributed by atoms with E-state index >= 15 is 0 Å². The Bertz CT molecular complexity index is 262. The molecule has 0 bridgehead atoms. The summed E-state index contributed by atoms with van der Waals surface area (Å²) >= 11 is 0. The van der Waals surface area contributed by atoms with E-state index in [-0.39, 0.29) is 0 Å². The highest BCUT2D eigenvalue weighted by atomic mass is 14.0. The van der Waals surface area contributed by atoms with Crippen molar-refractivity contribution in [3.05, 3.63) is 41.8 Å². The average Bonchev–Trinajstić information content (AvgIpc) is 2.23. The Kier molecular flexibility index (Phi) is 6.15. The molecule has 0 nitrogen and oxygen atoms in total. The Labute approximate surface area is 94.7 Å². The van der Waals surface area contributed by atoms with E-state index < -0.39 is 0 Å². The first kappa shape index (κ1) is 12.3.